The van der Waals surface area contributed by atoms with Gasteiger partial charge in [0.2, 0.25) is 5.91 Å². The Kier molecular flexibility index (Phi) is 4.10. The van der Waals surface area contributed by atoms with Crippen LogP contribution in [0.2, 0.25) is 0 Å². The quantitative estimate of drug-likeness (QED) is 0.664. The molecule has 0 aromatic heterocycles. The van der Waals surface area contributed by atoms with E-state index < -0.39 is 5.41 Å². The smallest absolute Gasteiger partial charge is 0.240 e. The van der Waals surface area contributed by atoms with Crippen molar-refractivity contribution in [1.29, 1.82) is 5.26 Å². The van der Waals surface area contributed by atoms with E-state index in [1.807, 2.05) is 0 Å². The Hall–Kier alpha value is -1.08. The van der Waals surface area contributed by atoms with E-state index in [2.05, 4.69) is 11.4 Å². The van der Waals surface area contributed by atoms with Gasteiger partial charge in [0.05, 0.1) is 12.2 Å². The molecule has 15 heavy (non-hydrogen) atoms. The van der Waals surface area contributed by atoms with Crippen molar-refractivity contribution in [3.05, 3.63) is 0 Å². The highest BCUT2D eigenvalue weighted by Gasteiger charge is 2.44. The summed E-state index contributed by atoms with van der Waals surface area (Å²) in [6.45, 7) is 2.28. The Bertz CT molecular complexity index is 264. The molecular formula is C11H18N2O2. The number of carbonyl (C=O) groups is 1. The summed E-state index contributed by atoms with van der Waals surface area (Å²) >= 11 is 0. The summed E-state index contributed by atoms with van der Waals surface area (Å²) in [7, 11) is 0. The minimum atomic E-state index is -0.745. The first-order chi connectivity index (χ1) is 7.10. The van der Waals surface area contributed by atoms with E-state index in [4.69, 9.17) is 10.4 Å². The lowest BCUT2D eigenvalue weighted by Crippen LogP contribution is -2.45. The number of amides is 1. The molecular weight excluding hydrogens is 192 g/mol. The van der Waals surface area contributed by atoms with E-state index in [9.17, 15) is 4.79 Å². The lowest BCUT2D eigenvalue weighted by molar-refractivity contribution is -0.131. The fourth-order valence-electron chi connectivity index (χ4n) is 1.69. The molecule has 4 heteroatoms. The predicted octanol–water partition coefficient (Wildman–Crippen LogP) is 0.957. The van der Waals surface area contributed by atoms with Crippen molar-refractivity contribution in [3.8, 4) is 6.07 Å². The van der Waals surface area contributed by atoms with Gasteiger partial charge in [-0.05, 0) is 39.0 Å². The molecule has 0 aromatic carbocycles. The number of hydrogen-bond donors (Lipinski definition) is 2. The summed E-state index contributed by atoms with van der Waals surface area (Å²) in [5.41, 5.74) is -0.745. The van der Waals surface area contributed by atoms with Gasteiger partial charge in [-0.3, -0.25) is 4.79 Å². The molecule has 1 unspecified atom stereocenters. The van der Waals surface area contributed by atoms with Crippen molar-refractivity contribution >= 4 is 5.91 Å². The van der Waals surface area contributed by atoms with Gasteiger partial charge in [-0.25, -0.2) is 0 Å². The summed E-state index contributed by atoms with van der Waals surface area (Å²) in [6.07, 6.45) is 3.45. The number of nitrogens with zero attached hydrogens (tertiary/aromatic N) is 1. The van der Waals surface area contributed by atoms with Gasteiger partial charge in [-0.15, -0.1) is 0 Å². The van der Waals surface area contributed by atoms with Gasteiger partial charge >= 0.3 is 0 Å². The van der Waals surface area contributed by atoms with Crippen molar-refractivity contribution in [2.24, 2.45) is 5.41 Å². The zero-order valence-corrected chi connectivity index (χ0v) is 9.12. The topological polar surface area (TPSA) is 73.1 Å². The molecule has 84 valence electrons. The summed E-state index contributed by atoms with van der Waals surface area (Å²) in [5.74, 6) is -0.137. The Morgan fingerprint density at radius 3 is 2.73 bits per heavy atom. The molecule has 1 amide bonds. The van der Waals surface area contributed by atoms with E-state index >= 15 is 0 Å². The van der Waals surface area contributed by atoms with Crippen LogP contribution in [-0.4, -0.2) is 23.7 Å². The van der Waals surface area contributed by atoms with Gasteiger partial charge < -0.3 is 10.4 Å². The summed E-state index contributed by atoms with van der Waals surface area (Å²) in [6, 6.07) is 2.10. The zero-order valence-electron chi connectivity index (χ0n) is 9.12. The molecule has 0 bridgehead atoms. The van der Waals surface area contributed by atoms with Crippen LogP contribution in [0, 0.1) is 16.7 Å². The number of rotatable bonds is 5. The van der Waals surface area contributed by atoms with Gasteiger partial charge in [-0.1, -0.05) is 0 Å². The molecule has 1 saturated carbocycles. The van der Waals surface area contributed by atoms with Gasteiger partial charge in [0.1, 0.15) is 5.41 Å². The number of nitriles is 1. The molecule has 0 spiro atoms. The van der Waals surface area contributed by atoms with Crippen molar-refractivity contribution in [1.82, 2.24) is 5.32 Å². The fourth-order valence-corrected chi connectivity index (χ4v) is 1.69. The minimum Gasteiger partial charge on any atom is -0.393 e. The van der Waals surface area contributed by atoms with Crippen LogP contribution in [0.3, 0.4) is 0 Å². The second-order valence-corrected chi connectivity index (χ2v) is 4.29. The summed E-state index contributed by atoms with van der Waals surface area (Å²) in [4.78, 5) is 11.6. The van der Waals surface area contributed by atoms with Crippen LogP contribution in [0.5, 0.6) is 0 Å². The van der Waals surface area contributed by atoms with E-state index in [1.165, 1.54) is 0 Å². The fraction of sp³-hybridized carbons (Fsp3) is 0.818. The molecule has 0 aliphatic heterocycles. The van der Waals surface area contributed by atoms with Crippen molar-refractivity contribution in [3.63, 3.8) is 0 Å². The average Bonchev–Trinajstić information content (AvgIpc) is 2.11. The predicted molar refractivity (Wildman–Crippen MR) is 55.8 cm³/mol. The number of nitrogens with one attached hydrogen (secondary N) is 1. The van der Waals surface area contributed by atoms with Crippen LogP contribution in [0.25, 0.3) is 0 Å². The molecule has 1 aliphatic carbocycles. The van der Waals surface area contributed by atoms with E-state index in [1.54, 1.807) is 6.92 Å². The Morgan fingerprint density at radius 2 is 2.33 bits per heavy atom. The maximum atomic E-state index is 11.6. The standard InChI is InChI=1S/C11H18N2O2/c1-9(14)4-2-7-13-10(15)11(8-12)5-3-6-11/h9,14H,2-7H2,1H3,(H,13,15). The van der Waals surface area contributed by atoms with Crippen LogP contribution in [0.1, 0.15) is 39.0 Å². The monoisotopic (exact) mass is 210 g/mol. The second kappa shape index (κ2) is 5.13. The maximum Gasteiger partial charge on any atom is 0.240 e. The van der Waals surface area contributed by atoms with Crippen LogP contribution in [0.15, 0.2) is 0 Å². The molecule has 0 heterocycles. The zero-order chi connectivity index (χ0) is 11.3. The third-order valence-corrected chi connectivity index (χ3v) is 2.94. The molecule has 1 aliphatic rings. The lowest BCUT2D eigenvalue weighted by Gasteiger charge is -2.33. The SMILES string of the molecule is CC(O)CCCNC(=O)C1(C#N)CCC1. The maximum absolute atomic E-state index is 11.6. The minimum absolute atomic E-state index is 0.137. The molecule has 0 radical (unpaired) electrons. The number of aliphatic hydroxyl groups excluding tert-OH is 1. The van der Waals surface area contributed by atoms with E-state index in [-0.39, 0.29) is 12.0 Å². The van der Waals surface area contributed by atoms with Crippen LogP contribution >= 0.6 is 0 Å². The van der Waals surface area contributed by atoms with Gasteiger partial charge in [0.15, 0.2) is 0 Å². The second-order valence-electron chi connectivity index (χ2n) is 4.29. The number of carbonyl (C=O) groups excluding carboxylic acids is 1. The first kappa shape index (κ1) is 12.0. The normalized spacial score (nSPS) is 19.8. The lowest BCUT2D eigenvalue weighted by atomic mass is 9.69. The largest absolute Gasteiger partial charge is 0.393 e. The van der Waals surface area contributed by atoms with Gasteiger partial charge in [0, 0.05) is 6.54 Å². The van der Waals surface area contributed by atoms with Gasteiger partial charge in [-0.2, -0.15) is 5.26 Å². The highest BCUT2D eigenvalue weighted by Crippen LogP contribution is 2.40. The molecule has 0 aromatic rings. The first-order valence-corrected chi connectivity index (χ1v) is 5.48. The molecule has 2 N–H and O–H groups in total. The molecule has 4 nitrogen and oxygen atoms in total. The third-order valence-electron chi connectivity index (χ3n) is 2.94. The van der Waals surface area contributed by atoms with Crippen LogP contribution in [-0.2, 0) is 4.79 Å². The Balaban J connectivity index is 2.22. The number of hydrogen-bond acceptors (Lipinski definition) is 3. The van der Waals surface area contributed by atoms with E-state index in [0.29, 0.717) is 25.8 Å². The highest BCUT2D eigenvalue weighted by atomic mass is 16.3. The van der Waals surface area contributed by atoms with Crippen molar-refractivity contribution in [2.45, 2.75) is 45.1 Å². The van der Waals surface area contributed by atoms with Crippen LogP contribution < -0.4 is 5.32 Å². The molecule has 1 rings (SSSR count). The average molecular weight is 210 g/mol. The Morgan fingerprint density at radius 1 is 1.67 bits per heavy atom. The molecule has 1 fully saturated rings. The summed E-state index contributed by atoms with van der Waals surface area (Å²) in [5, 5.41) is 20.7. The molecule has 1 atom stereocenters. The van der Waals surface area contributed by atoms with E-state index in [0.717, 1.165) is 12.8 Å². The van der Waals surface area contributed by atoms with Crippen LogP contribution in [0.4, 0.5) is 0 Å². The summed E-state index contributed by atoms with van der Waals surface area (Å²) < 4.78 is 0. The van der Waals surface area contributed by atoms with Gasteiger partial charge in [0.25, 0.3) is 0 Å². The first-order valence-electron chi connectivity index (χ1n) is 5.48. The molecule has 0 saturated heterocycles. The van der Waals surface area contributed by atoms with Crippen molar-refractivity contribution < 1.29 is 9.90 Å². The highest BCUT2D eigenvalue weighted by molar-refractivity contribution is 5.86. The Labute approximate surface area is 90.3 Å². The third kappa shape index (κ3) is 2.93. The van der Waals surface area contributed by atoms with Crippen molar-refractivity contribution in [2.75, 3.05) is 6.54 Å². The number of aliphatic hydroxyl groups is 1.